The minimum atomic E-state index is -0.252. The Morgan fingerprint density at radius 1 is 1.47 bits per heavy atom. The topological polar surface area (TPSA) is 29.3 Å². The predicted molar refractivity (Wildman–Crippen MR) is 77.8 cm³/mol. The molecule has 2 N–H and O–H groups in total. The van der Waals surface area contributed by atoms with Crippen molar-refractivity contribution in [3.8, 4) is 0 Å². The molecule has 1 aliphatic heterocycles. The van der Waals surface area contributed by atoms with Crippen molar-refractivity contribution in [3.63, 3.8) is 0 Å². The molecule has 1 aromatic rings. The largest absolute Gasteiger partial charge is 0.329 e. The van der Waals surface area contributed by atoms with E-state index in [0.29, 0.717) is 29.1 Å². The molecular formula is C15H22ClFN2. The molecule has 2 atom stereocenters. The Balaban J connectivity index is 2.28. The zero-order valence-electron chi connectivity index (χ0n) is 11.6. The van der Waals surface area contributed by atoms with E-state index in [1.807, 2.05) is 0 Å². The number of halogens is 2. The average molecular weight is 285 g/mol. The molecule has 1 saturated heterocycles. The van der Waals surface area contributed by atoms with Gasteiger partial charge in [-0.1, -0.05) is 31.5 Å². The smallest absolute Gasteiger partial charge is 0.129 e. The maximum atomic E-state index is 14.1. The minimum absolute atomic E-state index is 0.0489. The van der Waals surface area contributed by atoms with Gasteiger partial charge in [0.2, 0.25) is 0 Å². The molecule has 19 heavy (non-hydrogen) atoms. The molecule has 1 heterocycles. The number of benzene rings is 1. The quantitative estimate of drug-likeness (QED) is 0.915. The molecule has 0 aromatic heterocycles. The molecule has 2 rings (SSSR count). The predicted octanol–water partition coefficient (Wildman–Crippen LogP) is 3.60. The number of likely N-dealkylation sites (tertiary alicyclic amines) is 1. The molecule has 1 fully saturated rings. The second-order valence-electron chi connectivity index (χ2n) is 5.61. The second-order valence-corrected chi connectivity index (χ2v) is 6.05. The van der Waals surface area contributed by atoms with Crippen LogP contribution in [0.15, 0.2) is 18.2 Å². The standard InChI is InChI=1S/C15H22ClFN2/c1-10(2)14-4-3-7-19(14)15(9-18)12-6-5-11(16)8-13(12)17/h5-6,8,10,14-15H,3-4,7,9,18H2,1-2H3. The van der Waals surface area contributed by atoms with Crippen molar-refractivity contribution in [3.05, 3.63) is 34.6 Å². The van der Waals surface area contributed by atoms with Crippen molar-refractivity contribution >= 4 is 11.6 Å². The molecule has 2 nitrogen and oxygen atoms in total. The molecule has 0 radical (unpaired) electrons. The van der Waals surface area contributed by atoms with E-state index in [4.69, 9.17) is 17.3 Å². The lowest BCUT2D eigenvalue weighted by molar-refractivity contribution is 0.147. The molecule has 0 saturated carbocycles. The van der Waals surface area contributed by atoms with Crippen LogP contribution in [-0.2, 0) is 0 Å². The highest BCUT2D eigenvalue weighted by Gasteiger charge is 2.33. The van der Waals surface area contributed by atoms with Crippen LogP contribution in [0.3, 0.4) is 0 Å². The van der Waals surface area contributed by atoms with Crippen molar-refractivity contribution in [2.45, 2.75) is 38.8 Å². The van der Waals surface area contributed by atoms with E-state index in [1.54, 1.807) is 12.1 Å². The normalized spacial score (nSPS) is 22.1. The van der Waals surface area contributed by atoms with Gasteiger partial charge in [-0.3, -0.25) is 4.90 Å². The van der Waals surface area contributed by atoms with Crippen LogP contribution in [0.25, 0.3) is 0 Å². The summed E-state index contributed by atoms with van der Waals surface area (Å²) in [5.74, 6) is 0.310. The highest BCUT2D eigenvalue weighted by Crippen LogP contribution is 2.33. The van der Waals surface area contributed by atoms with Gasteiger partial charge in [-0.2, -0.15) is 0 Å². The number of hydrogen-bond donors (Lipinski definition) is 1. The molecule has 0 spiro atoms. The van der Waals surface area contributed by atoms with E-state index in [-0.39, 0.29) is 11.9 Å². The van der Waals surface area contributed by atoms with Crippen LogP contribution in [0.2, 0.25) is 5.02 Å². The summed E-state index contributed by atoms with van der Waals surface area (Å²) < 4.78 is 14.1. The second kappa shape index (κ2) is 6.21. The lowest BCUT2D eigenvalue weighted by Crippen LogP contribution is -2.40. The SMILES string of the molecule is CC(C)C1CCCN1C(CN)c1ccc(Cl)cc1F. The molecule has 106 valence electrons. The highest BCUT2D eigenvalue weighted by molar-refractivity contribution is 6.30. The molecule has 0 amide bonds. The van der Waals surface area contributed by atoms with Gasteiger partial charge in [0.15, 0.2) is 0 Å². The number of hydrogen-bond acceptors (Lipinski definition) is 2. The summed E-state index contributed by atoms with van der Waals surface area (Å²) >= 11 is 5.82. The van der Waals surface area contributed by atoms with Gasteiger partial charge >= 0.3 is 0 Å². The Labute approximate surface area is 119 Å². The minimum Gasteiger partial charge on any atom is -0.329 e. The summed E-state index contributed by atoms with van der Waals surface area (Å²) in [6.07, 6.45) is 2.33. The molecule has 4 heteroatoms. The van der Waals surface area contributed by atoms with Crippen LogP contribution in [-0.4, -0.2) is 24.0 Å². The van der Waals surface area contributed by atoms with Crippen LogP contribution >= 0.6 is 11.6 Å². The van der Waals surface area contributed by atoms with Gasteiger partial charge in [-0.05, 0) is 37.4 Å². The number of rotatable bonds is 4. The lowest BCUT2D eigenvalue weighted by atomic mass is 9.98. The summed E-state index contributed by atoms with van der Waals surface area (Å²) in [6.45, 7) is 5.86. The van der Waals surface area contributed by atoms with Gasteiger partial charge in [0.1, 0.15) is 5.82 Å². The Bertz CT molecular complexity index is 436. The van der Waals surface area contributed by atoms with Gasteiger partial charge in [0.05, 0.1) is 6.04 Å². The van der Waals surface area contributed by atoms with E-state index in [1.165, 1.54) is 12.5 Å². The van der Waals surface area contributed by atoms with Crippen molar-refractivity contribution in [1.82, 2.24) is 4.90 Å². The fourth-order valence-electron chi connectivity index (χ4n) is 3.13. The monoisotopic (exact) mass is 284 g/mol. The van der Waals surface area contributed by atoms with E-state index >= 15 is 0 Å². The Morgan fingerprint density at radius 2 is 2.21 bits per heavy atom. The third kappa shape index (κ3) is 3.10. The third-order valence-corrected chi connectivity index (χ3v) is 4.29. The van der Waals surface area contributed by atoms with Crippen LogP contribution in [0.5, 0.6) is 0 Å². The lowest BCUT2D eigenvalue weighted by Gasteiger charge is -2.35. The Hall–Kier alpha value is -0.640. The van der Waals surface area contributed by atoms with Crippen LogP contribution in [0.1, 0.15) is 38.3 Å². The Morgan fingerprint density at radius 3 is 2.79 bits per heavy atom. The summed E-state index contributed by atoms with van der Waals surface area (Å²) in [7, 11) is 0. The highest BCUT2D eigenvalue weighted by atomic mass is 35.5. The molecule has 1 aliphatic rings. The van der Waals surface area contributed by atoms with E-state index in [9.17, 15) is 4.39 Å². The first-order valence-corrected chi connectivity index (χ1v) is 7.33. The summed E-state index contributed by atoms with van der Waals surface area (Å²) in [6, 6.07) is 5.32. The maximum absolute atomic E-state index is 14.1. The van der Waals surface area contributed by atoms with Gasteiger partial charge in [-0.25, -0.2) is 4.39 Å². The summed E-state index contributed by atoms with van der Waals surface area (Å²) in [5, 5.41) is 0.429. The molecule has 1 aromatic carbocycles. The van der Waals surface area contributed by atoms with Crippen LogP contribution < -0.4 is 5.73 Å². The maximum Gasteiger partial charge on any atom is 0.129 e. The van der Waals surface area contributed by atoms with E-state index in [0.717, 1.165) is 13.0 Å². The van der Waals surface area contributed by atoms with Crippen molar-refractivity contribution in [2.24, 2.45) is 11.7 Å². The molecule has 2 unspecified atom stereocenters. The fraction of sp³-hybridized carbons (Fsp3) is 0.600. The van der Waals surface area contributed by atoms with Gasteiger partial charge in [-0.15, -0.1) is 0 Å². The number of nitrogens with zero attached hydrogens (tertiary/aromatic N) is 1. The first-order chi connectivity index (χ1) is 9.04. The summed E-state index contributed by atoms with van der Waals surface area (Å²) in [5.41, 5.74) is 6.58. The Kier molecular flexibility index (Phi) is 4.82. The zero-order valence-corrected chi connectivity index (χ0v) is 12.3. The van der Waals surface area contributed by atoms with Gasteiger partial charge < -0.3 is 5.73 Å². The summed E-state index contributed by atoms with van der Waals surface area (Å²) in [4.78, 5) is 2.36. The van der Waals surface area contributed by atoms with Crippen LogP contribution in [0, 0.1) is 11.7 Å². The fourth-order valence-corrected chi connectivity index (χ4v) is 3.29. The average Bonchev–Trinajstić information content (AvgIpc) is 2.82. The molecule has 0 aliphatic carbocycles. The molecular weight excluding hydrogens is 263 g/mol. The van der Waals surface area contributed by atoms with E-state index in [2.05, 4.69) is 18.7 Å². The first kappa shape index (κ1) is 14.8. The van der Waals surface area contributed by atoms with Crippen molar-refractivity contribution < 1.29 is 4.39 Å². The third-order valence-electron chi connectivity index (χ3n) is 4.06. The first-order valence-electron chi connectivity index (χ1n) is 6.95. The number of nitrogens with two attached hydrogens (primary N) is 1. The van der Waals surface area contributed by atoms with Crippen molar-refractivity contribution in [2.75, 3.05) is 13.1 Å². The van der Waals surface area contributed by atoms with Gasteiger partial charge in [0.25, 0.3) is 0 Å². The van der Waals surface area contributed by atoms with Crippen LogP contribution in [0.4, 0.5) is 4.39 Å². The van der Waals surface area contributed by atoms with Crippen molar-refractivity contribution in [1.29, 1.82) is 0 Å². The molecule has 0 bridgehead atoms. The zero-order chi connectivity index (χ0) is 14.0. The van der Waals surface area contributed by atoms with Gasteiger partial charge in [0, 0.05) is 23.2 Å². The van der Waals surface area contributed by atoms with E-state index < -0.39 is 0 Å².